The number of amides is 2. The molecule has 2 atom stereocenters. The molecule has 1 aromatic carbocycles. The second-order valence-electron chi connectivity index (χ2n) is 4.29. The number of carbonyl (C=O) groups is 2. The average Bonchev–Trinajstić information content (AvgIpc) is 2.71. The van der Waals surface area contributed by atoms with Crippen LogP contribution in [0.25, 0.3) is 0 Å². The summed E-state index contributed by atoms with van der Waals surface area (Å²) in [5, 5.41) is 19.4. The van der Waals surface area contributed by atoms with Gasteiger partial charge in [0.15, 0.2) is 0 Å². The largest absolute Gasteiger partial charge is 0.462 e. The Bertz CT molecular complexity index is 445. The Morgan fingerprint density at radius 3 is 2.26 bits per heavy atom. The van der Waals surface area contributed by atoms with E-state index in [1.165, 1.54) is 0 Å². The number of nitrogens with zero attached hydrogens (tertiary/aromatic N) is 1. The van der Waals surface area contributed by atoms with Crippen LogP contribution < -0.4 is 4.74 Å². The number of benzene rings is 1. The molecule has 1 heterocycles. The zero-order chi connectivity index (χ0) is 13.8. The summed E-state index contributed by atoms with van der Waals surface area (Å²) < 4.78 is 5.11. The molecule has 2 unspecified atom stereocenters. The topological polar surface area (TPSA) is 87.1 Å². The summed E-state index contributed by atoms with van der Waals surface area (Å²) in [5.74, 6) is -0.278. The van der Waals surface area contributed by atoms with Gasteiger partial charge >= 0.3 is 0 Å². The van der Waals surface area contributed by atoms with Crippen molar-refractivity contribution in [1.29, 1.82) is 0 Å². The quantitative estimate of drug-likeness (QED) is 0.573. The lowest BCUT2D eigenvalue weighted by atomic mass is 10.3. The molecule has 0 radical (unpaired) electrons. The predicted octanol–water partition coefficient (Wildman–Crippen LogP) is -0.106. The number of ether oxygens (including phenoxy) is 1. The first-order chi connectivity index (χ1) is 9.08. The van der Waals surface area contributed by atoms with E-state index in [-0.39, 0.29) is 31.2 Å². The molecule has 2 rings (SSSR count). The third kappa shape index (κ3) is 3.30. The van der Waals surface area contributed by atoms with Gasteiger partial charge in [0.2, 0.25) is 18.1 Å². The van der Waals surface area contributed by atoms with Crippen LogP contribution in [0.15, 0.2) is 30.3 Å². The smallest absolute Gasteiger partial charge is 0.229 e. The van der Waals surface area contributed by atoms with Crippen LogP contribution in [-0.4, -0.2) is 45.9 Å². The van der Waals surface area contributed by atoms with E-state index < -0.39 is 12.4 Å². The second kappa shape index (κ2) is 5.81. The summed E-state index contributed by atoms with van der Waals surface area (Å²) >= 11 is 0. The lowest BCUT2D eigenvalue weighted by molar-refractivity contribution is -0.146. The molecule has 6 nitrogen and oxygen atoms in total. The van der Waals surface area contributed by atoms with Gasteiger partial charge in [-0.15, -0.1) is 0 Å². The highest BCUT2D eigenvalue weighted by Crippen LogP contribution is 2.15. The van der Waals surface area contributed by atoms with E-state index in [9.17, 15) is 19.8 Å². The molecular formula is C13H15NO5. The molecule has 0 spiro atoms. The number of hydrogen-bond acceptors (Lipinski definition) is 5. The van der Waals surface area contributed by atoms with Crippen molar-refractivity contribution in [2.45, 2.75) is 25.2 Å². The van der Waals surface area contributed by atoms with Gasteiger partial charge in [-0.25, -0.2) is 0 Å². The van der Waals surface area contributed by atoms with Gasteiger partial charge in [0.1, 0.15) is 11.9 Å². The monoisotopic (exact) mass is 265 g/mol. The molecule has 0 aromatic heterocycles. The highest BCUT2D eigenvalue weighted by Gasteiger charge is 2.32. The normalized spacial score (nSPS) is 18.5. The van der Waals surface area contributed by atoms with Gasteiger partial charge < -0.3 is 14.9 Å². The fourth-order valence-electron chi connectivity index (χ4n) is 1.82. The summed E-state index contributed by atoms with van der Waals surface area (Å²) in [5.41, 5.74) is 0. The molecular weight excluding hydrogens is 250 g/mol. The number of rotatable bonds is 5. The zero-order valence-electron chi connectivity index (χ0n) is 10.2. The van der Waals surface area contributed by atoms with Crippen LogP contribution in [0.2, 0.25) is 0 Å². The van der Waals surface area contributed by atoms with E-state index in [1.54, 1.807) is 30.3 Å². The van der Waals surface area contributed by atoms with Crippen LogP contribution in [0.5, 0.6) is 5.75 Å². The van der Waals surface area contributed by atoms with E-state index in [0.29, 0.717) is 5.75 Å². The van der Waals surface area contributed by atoms with Gasteiger partial charge in [0.05, 0.1) is 6.54 Å². The van der Waals surface area contributed by atoms with Crippen LogP contribution in [0.3, 0.4) is 0 Å². The third-order valence-electron chi connectivity index (χ3n) is 2.85. The van der Waals surface area contributed by atoms with Crippen molar-refractivity contribution in [2.75, 3.05) is 6.54 Å². The van der Waals surface area contributed by atoms with Crippen LogP contribution >= 0.6 is 0 Å². The molecule has 0 saturated carbocycles. The molecule has 6 heteroatoms. The Labute approximate surface area is 110 Å². The fourth-order valence-corrected chi connectivity index (χ4v) is 1.82. The van der Waals surface area contributed by atoms with E-state index >= 15 is 0 Å². The van der Waals surface area contributed by atoms with Gasteiger partial charge in [-0.3, -0.25) is 14.5 Å². The minimum absolute atomic E-state index is 0.154. The fraction of sp³-hybridized carbons (Fsp3) is 0.385. The van der Waals surface area contributed by atoms with E-state index in [1.807, 2.05) is 0 Å². The molecule has 2 amide bonds. The highest BCUT2D eigenvalue weighted by molar-refractivity contribution is 6.01. The number of likely N-dealkylation sites (tertiary alicyclic amines) is 1. The molecule has 102 valence electrons. The van der Waals surface area contributed by atoms with E-state index in [0.717, 1.165) is 4.90 Å². The Kier molecular flexibility index (Phi) is 4.13. The molecule has 19 heavy (non-hydrogen) atoms. The number of aliphatic hydroxyl groups is 2. The van der Waals surface area contributed by atoms with Crippen molar-refractivity contribution < 1.29 is 24.5 Å². The standard InChI is InChI=1S/C13H15NO5/c15-10(8-14-11(16)6-7-12(14)17)13(18)19-9-4-2-1-3-5-9/h1-5,10,13,15,18H,6-8H2. The van der Waals surface area contributed by atoms with Gasteiger partial charge in [-0.1, -0.05) is 18.2 Å². The van der Waals surface area contributed by atoms with E-state index in [4.69, 9.17) is 4.74 Å². The van der Waals surface area contributed by atoms with Crippen molar-refractivity contribution in [2.24, 2.45) is 0 Å². The Morgan fingerprint density at radius 2 is 1.68 bits per heavy atom. The van der Waals surface area contributed by atoms with Gasteiger partial charge in [0, 0.05) is 12.8 Å². The minimum Gasteiger partial charge on any atom is -0.462 e. The number of aliphatic hydroxyl groups excluding tert-OH is 2. The summed E-state index contributed by atoms with van der Waals surface area (Å²) in [6.07, 6.45) is -2.53. The molecule has 1 fully saturated rings. The van der Waals surface area contributed by atoms with Crippen molar-refractivity contribution >= 4 is 11.8 Å². The first-order valence-electron chi connectivity index (χ1n) is 5.99. The maximum Gasteiger partial charge on any atom is 0.229 e. The highest BCUT2D eigenvalue weighted by atomic mass is 16.6. The SMILES string of the molecule is O=C1CCC(=O)N1CC(O)C(O)Oc1ccccc1. The lowest BCUT2D eigenvalue weighted by Crippen LogP contribution is -2.43. The first-order valence-corrected chi connectivity index (χ1v) is 5.99. The average molecular weight is 265 g/mol. The summed E-state index contributed by atoms with van der Waals surface area (Å²) in [4.78, 5) is 23.7. The zero-order valence-corrected chi connectivity index (χ0v) is 10.2. The van der Waals surface area contributed by atoms with Gasteiger partial charge in [-0.2, -0.15) is 0 Å². The summed E-state index contributed by atoms with van der Waals surface area (Å²) in [7, 11) is 0. The van der Waals surface area contributed by atoms with Crippen LogP contribution in [0.1, 0.15) is 12.8 Å². The van der Waals surface area contributed by atoms with Crippen LogP contribution in [0.4, 0.5) is 0 Å². The first kappa shape index (κ1) is 13.5. The molecule has 1 aliphatic heterocycles. The number of para-hydroxylation sites is 1. The Morgan fingerprint density at radius 1 is 1.11 bits per heavy atom. The van der Waals surface area contributed by atoms with Gasteiger partial charge in [-0.05, 0) is 12.1 Å². The van der Waals surface area contributed by atoms with Crippen LogP contribution in [0, 0.1) is 0 Å². The Hall–Kier alpha value is -1.92. The third-order valence-corrected chi connectivity index (χ3v) is 2.85. The predicted molar refractivity (Wildman–Crippen MR) is 65.0 cm³/mol. The maximum absolute atomic E-state index is 11.4. The number of β-amino-alcohol motifs (C(OH)–C–C–N with tert-alkyl or cyclic N) is 1. The molecule has 0 aliphatic carbocycles. The molecule has 2 N–H and O–H groups in total. The van der Waals surface area contributed by atoms with Crippen molar-refractivity contribution in [3.63, 3.8) is 0 Å². The number of hydrogen-bond donors (Lipinski definition) is 2. The Balaban J connectivity index is 1.90. The van der Waals surface area contributed by atoms with Crippen LogP contribution in [-0.2, 0) is 9.59 Å². The summed E-state index contributed by atoms with van der Waals surface area (Å²) in [6, 6.07) is 8.49. The summed E-state index contributed by atoms with van der Waals surface area (Å²) in [6.45, 7) is -0.258. The lowest BCUT2D eigenvalue weighted by Gasteiger charge is -2.23. The number of imide groups is 1. The van der Waals surface area contributed by atoms with Crippen molar-refractivity contribution in [1.82, 2.24) is 4.90 Å². The molecule has 1 aliphatic rings. The van der Waals surface area contributed by atoms with E-state index in [2.05, 4.69) is 0 Å². The molecule has 1 saturated heterocycles. The minimum atomic E-state index is -1.50. The maximum atomic E-state index is 11.4. The van der Waals surface area contributed by atoms with Gasteiger partial charge in [0.25, 0.3) is 0 Å². The van der Waals surface area contributed by atoms with Crippen molar-refractivity contribution in [3.8, 4) is 5.75 Å². The molecule has 1 aromatic rings. The molecule has 0 bridgehead atoms. The second-order valence-corrected chi connectivity index (χ2v) is 4.29. The van der Waals surface area contributed by atoms with Crippen molar-refractivity contribution in [3.05, 3.63) is 30.3 Å². The number of carbonyl (C=O) groups excluding carboxylic acids is 2.